The number of nitrogens with zero attached hydrogens (tertiary/aromatic N) is 2. The molecule has 6 heteroatoms. The highest BCUT2D eigenvalue weighted by Gasteiger charge is 2.31. The van der Waals surface area contributed by atoms with Gasteiger partial charge >= 0.3 is 6.18 Å². The Hall–Kier alpha value is -2.08. The first-order chi connectivity index (χ1) is 9.91. The van der Waals surface area contributed by atoms with Gasteiger partial charge < -0.3 is 10.6 Å². The number of nitrogens with two attached hydrogens (primary N) is 1. The number of rotatable bonds is 4. The summed E-state index contributed by atoms with van der Waals surface area (Å²) in [6.07, 6.45) is -0.958. The van der Waals surface area contributed by atoms with Crippen LogP contribution in [0.15, 0.2) is 42.7 Å². The molecule has 2 N–H and O–H groups in total. The highest BCUT2D eigenvalue weighted by Crippen LogP contribution is 2.32. The van der Waals surface area contributed by atoms with Crippen molar-refractivity contribution in [3.8, 4) is 0 Å². The molecule has 0 fully saturated rings. The van der Waals surface area contributed by atoms with E-state index in [1.807, 2.05) is 24.1 Å². The van der Waals surface area contributed by atoms with Crippen molar-refractivity contribution in [3.63, 3.8) is 0 Å². The molecule has 0 spiro atoms. The number of pyridine rings is 1. The van der Waals surface area contributed by atoms with E-state index in [1.54, 1.807) is 12.4 Å². The minimum atomic E-state index is -4.36. The largest absolute Gasteiger partial charge is 0.416 e. The van der Waals surface area contributed by atoms with Gasteiger partial charge in [-0.1, -0.05) is 6.07 Å². The molecule has 1 aromatic heterocycles. The highest BCUT2D eigenvalue weighted by atomic mass is 19.4. The summed E-state index contributed by atoms with van der Waals surface area (Å²) >= 11 is 0. The lowest BCUT2D eigenvalue weighted by Crippen LogP contribution is -2.20. The molecule has 0 bridgehead atoms. The molecule has 0 unspecified atom stereocenters. The number of hydrogen-bond acceptors (Lipinski definition) is 3. The zero-order valence-electron chi connectivity index (χ0n) is 11.6. The van der Waals surface area contributed by atoms with E-state index < -0.39 is 11.7 Å². The van der Waals surface area contributed by atoms with Gasteiger partial charge in [0.25, 0.3) is 0 Å². The predicted octanol–water partition coefficient (Wildman–Crippen LogP) is 3.20. The van der Waals surface area contributed by atoms with E-state index in [0.29, 0.717) is 17.8 Å². The number of anilines is 1. The summed E-state index contributed by atoms with van der Waals surface area (Å²) in [6.45, 7) is 0.600. The third kappa shape index (κ3) is 3.72. The van der Waals surface area contributed by atoms with Crippen LogP contribution in [-0.2, 0) is 19.3 Å². The predicted molar refractivity (Wildman–Crippen MR) is 75.7 cm³/mol. The summed E-state index contributed by atoms with van der Waals surface area (Å²) in [6, 6.07) is 7.38. The average Bonchev–Trinajstić information content (AvgIpc) is 2.46. The Labute approximate surface area is 121 Å². The minimum absolute atomic E-state index is 0.0522. The van der Waals surface area contributed by atoms with Gasteiger partial charge in [0.05, 0.1) is 5.56 Å². The Balaban J connectivity index is 2.27. The fourth-order valence-corrected chi connectivity index (χ4v) is 2.15. The van der Waals surface area contributed by atoms with Crippen LogP contribution >= 0.6 is 0 Å². The quantitative estimate of drug-likeness (QED) is 0.942. The lowest BCUT2D eigenvalue weighted by atomic mass is 10.1. The number of alkyl halides is 3. The van der Waals surface area contributed by atoms with E-state index in [4.69, 9.17) is 5.73 Å². The van der Waals surface area contributed by atoms with Crippen LogP contribution < -0.4 is 10.6 Å². The molecular formula is C15H16F3N3. The van der Waals surface area contributed by atoms with Crippen LogP contribution in [0.4, 0.5) is 18.9 Å². The van der Waals surface area contributed by atoms with Crippen LogP contribution in [0.2, 0.25) is 0 Å². The molecule has 0 atom stereocenters. The lowest BCUT2D eigenvalue weighted by molar-refractivity contribution is -0.137. The first kappa shape index (κ1) is 15.3. The second-order valence-electron chi connectivity index (χ2n) is 4.76. The van der Waals surface area contributed by atoms with Gasteiger partial charge in [-0.25, -0.2) is 0 Å². The third-order valence-electron chi connectivity index (χ3n) is 3.18. The van der Waals surface area contributed by atoms with Gasteiger partial charge in [-0.15, -0.1) is 0 Å². The van der Waals surface area contributed by atoms with E-state index in [1.165, 1.54) is 6.07 Å². The molecule has 0 aliphatic heterocycles. The molecule has 3 nitrogen and oxygen atoms in total. The van der Waals surface area contributed by atoms with E-state index >= 15 is 0 Å². The van der Waals surface area contributed by atoms with Crippen molar-refractivity contribution in [1.29, 1.82) is 0 Å². The Morgan fingerprint density at radius 3 is 2.57 bits per heavy atom. The summed E-state index contributed by atoms with van der Waals surface area (Å²) in [7, 11) is 1.81. The first-order valence-electron chi connectivity index (χ1n) is 6.42. The van der Waals surface area contributed by atoms with Crippen LogP contribution in [0, 0.1) is 0 Å². The number of benzene rings is 1. The maximum Gasteiger partial charge on any atom is 0.416 e. The van der Waals surface area contributed by atoms with Gasteiger partial charge in [-0.2, -0.15) is 13.2 Å². The van der Waals surface area contributed by atoms with Crippen molar-refractivity contribution < 1.29 is 13.2 Å². The second-order valence-corrected chi connectivity index (χ2v) is 4.76. The van der Waals surface area contributed by atoms with E-state index in [-0.39, 0.29) is 6.54 Å². The van der Waals surface area contributed by atoms with Crippen molar-refractivity contribution in [3.05, 3.63) is 59.4 Å². The van der Waals surface area contributed by atoms with Crippen molar-refractivity contribution in [2.75, 3.05) is 11.9 Å². The fraction of sp³-hybridized carbons (Fsp3) is 0.267. The number of aromatic nitrogens is 1. The van der Waals surface area contributed by atoms with Gasteiger partial charge in [0.2, 0.25) is 0 Å². The van der Waals surface area contributed by atoms with Crippen LogP contribution in [0.1, 0.15) is 16.7 Å². The maximum absolute atomic E-state index is 12.7. The first-order valence-corrected chi connectivity index (χ1v) is 6.42. The van der Waals surface area contributed by atoms with Crippen molar-refractivity contribution in [2.24, 2.45) is 5.73 Å². The van der Waals surface area contributed by atoms with Crippen molar-refractivity contribution >= 4 is 5.69 Å². The summed E-state index contributed by atoms with van der Waals surface area (Å²) < 4.78 is 38.2. The monoisotopic (exact) mass is 295 g/mol. The Kier molecular flexibility index (Phi) is 4.47. The molecular weight excluding hydrogens is 279 g/mol. The molecule has 1 aromatic carbocycles. The molecule has 2 rings (SSSR count). The second kappa shape index (κ2) is 6.13. The zero-order valence-corrected chi connectivity index (χ0v) is 11.6. The molecule has 0 aliphatic rings. The minimum Gasteiger partial charge on any atom is -0.370 e. The van der Waals surface area contributed by atoms with Crippen LogP contribution in [0.5, 0.6) is 0 Å². The third-order valence-corrected chi connectivity index (χ3v) is 3.18. The molecule has 0 radical (unpaired) electrons. The molecule has 0 saturated heterocycles. The highest BCUT2D eigenvalue weighted by molar-refractivity contribution is 5.55. The normalized spacial score (nSPS) is 11.5. The Morgan fingerprint density at radius 1 is 1.24 bits per heavy atom. The molecule has 0 aliphatic carbocycles. The van der Waals surface area contributed by atoms with Gasteiger partial charge in [0.15, 0.2) is 0 Å². The molecule has 0 amide bonds. The molecule has 2 aromatic rings. The summed E-state index contributed by atoms with van der Waals surface area (Å²) in [5, 5.41) is 0. The topological polar surface area (TPSA) is 42.2 Å². The van der Waals surface area contributed by atoms with Gasteiger partial charge in [0.1, 0.15) is 0 Å². The molecule has 1 heterocycles. The van der Waals surface area contributed by atoms with E-state index in [0.717, 1.165) is 17.7 Å². The molecule has 21 heavy (non-hydrogen) atoms. The smallest absolute Gasteiger partial charge is 0.370 e. The van der Waals surface area contributed by atoms with Gasteiger partial charge in [-0.05, 0) is 35.4 Å². The van der Waals surface area contributed by atoms with Crippen LogP contribution in [0.25, 0.3) is 0 Å². The van der Waals surface area contributed by atoms with Crippen LogP contribution in [-0.4, -0.2) is 12.0 Å². The van der Waals surface area contributed by atoms with Crippen LogP contribution in [0.3, 0.4) is 0 Å². The number of hydrogen-bond donors (Lipinski definition) is 1. The van der Waals surface area contributed by atoms with Gasteiger partial charge in [0, 0.05) is 38.2 Å². The summed E-state index contributed by atoms with van der Waals surface area (Å²) in [5.41, 5.74) is 7.04. The van der Waals surface area contributed by atoms with E-state index in [9.17, 15) is 13.2 Å². The maximum atomic E-state index is 12.7. The zero-order chi connectivity index (χ0) is 15.5. The Morgan fingerprint density at radius 2 is 2.00 bits per heavy atom. The summed E-state index contributed by atoms with van der Waals surface area (Å²) in [5.74, 6) is 0. The average molecular weight is 295 g/mol. The van der Waals surface area contributed by atoms with E-state index in [2.05, 4.69) is 4.98 Å². The SMILES string of the molecule is CN(Cc1cccnc1)c1ccc(C(F)(F)F)cc1CN. The molecule has 112 valence electrons. The van der Waals surface area contributed by atoms with Gasteiger partial charge in [-0.3, -0.25) is 4.98 Å². The Bertz CT molecular complexity index is 597. The lowest BCUT2D eigenvalue weighted by Gasteiger charge is -2.23. The fourth-order valence-electron chi connectivity index (χ4n) is 2.15. The standard InChI is InChI=1S/C15H16F3N3/c1-21(10-11-3-2-6-20-9-11)14-5-4-13(15(16,17)18)7-12(14)8-19/h2-7,9H,8,10,19H2,1H3. The number of halogens is 3. The van der Waals surface area contributed by atoms with Crippen molar-refractivity contribution in [1.82, 2.24) is 4.98 Å². The molecule has 0 saturated carbocycles. The summed E-state index contributed by atoms with van der Waals surface area (Å²) in [4.78, 5) is 5.88. The van der Waals surface area contributed by atoms with Crippen molar-refractivity contribution in [2.45, 2.75) is 19.3 Å².